The van der Waals surface area contributed by atoms with Gasteiger partial charge in [-0.25, -0.2) is 0 Å². The van der Waals surface area contributed by atoms with Crippen LogP contribution in [0.15, 0.2) is 24.3 Å². The molecule has 0 aliphatic carbocycles. The van der Waals surface area contributed by atoms with Gasteiger partial charge in [-0.15, -0.1) is 0 Å². The van der Waals surface area contributed by atoms with Gasteiger partial charge in [-0.2, -0.15) is 0 Å². The van der Waals surface area contributed by atoms with Crippen LogP contribution in [0.3, 0.4) is 0 Å². The molecule has 0 bridgehead atoms. The van der Waals surface area contributed by atoms with Gasteiger partial charge in [-0.1, -0.05) is 39.0 Å². The highest BCUT2D eigenvalue weighted by Crippen LogP contribution is 2.15. The van der Waals surface area contributed by atoms with Crippen LogP contribution in [0.4, 0.5) is 5.69 Å². The average molecular weight is 333 g/mol. The van der Waals surface area contributed by atoms with Crippen LogP contribution in [0, 0.1) is 5.92 Å². The van der Waals surface area contributed by atoms with Crippen LogP contribution in [-0.2, 0) is 20.8 Å². The topological polar surface area (TPSA) is 78.5 Å². The number of para-hydroxylation sites is 1. The van der Waals surface area contributed by atoms with Crippen molar-refractivity contribution >= 4 is 23.4 Å². The molecule has 2 N–H and O–H groups in total. The zero-order valence-electron chi connectivity index (χ0n) is 15.1. The van der Waals surface area contributed by atoms with Crippen molar-refractivity contribution in [3.8, 4) is 0 Å². The van der Waals surface area contributed by atoms with Gasteiger partial charge < -0.3 is 15.5 Å². The lowest BCUT2D eigenvalue weighted by molar-refractivity contribution is -0.138. The Balaban J connectivity index is 2.71. The molecule has 6 heteroatoms. The minimum absolute atomic E-state index is 0.0623. The van der Waals surface area contributed by atoms with E-state index < -0.39 is 6.04 Å². The first-order chi connectivity index (χ1) is 11.3. The fraction of sp³-hybridized carbons (Fsp3) is 0.500. The molecular weight excluding hydrogens is 306 g/mol. The zero-order valence-corrected chi connectivity index (χ0v) is 15.1. The number of carbonyl (C=O) groups excluding carboxylic acids is 3. The molecule has 24 heavy (non-hydrogen) atoms. The van der Waals surface area contributed by atoms with Gasteiger partial charge in [0.05, 0.1) is 6.54 Å². The molecule has 0 fully saturated rings. The molecule has 0 spiro atoms. The summed E-state index contributed by atoms with van der Waals surface area (Å²) >= 11 is 0. The van der Waals surface area contributed by atoms with Crippen molar-refractivity contribution in [2.75, 3.05) is 18.9 Å². The maximum absolute atomic E-state index is 12.5. The first kappa shape index (κ1) is 19.7. The number of rotatable bonds is 7. The Kier molecular flexibility index (Phi) is 7.42. The number of nitrogens with zero attached hydrogens (tertiary/aromatic N) is 1. The van der Waals surface area contributed by atoms with Crippen molar-refractivity contribution in [1.82, 2.24) is 10.2 Å². The third kappa shape index (κ3) is 5.68. The van der Waals surface area contributed by atoms with Gasteiger partial charge in [0.15, 0.2) is 0 Å². The predicted molar refractivity (Wildman–Crippen MR) is 94.5 cm³/mol. The summed E-state index contributed by atoms with van der Waals surface area (Å²) in [6.45, 7) is 7.02. The Morgan fingerprint density at radius 2 is 1.79 bits per heavy atom. The highest BCUT2D eigenvalue weighted by molar-refractivity contribution is 5.96. The molecular formula is C18H27N3O3. The number of hydrogen-bond acceptors (Lipinski definition) is 3. The summed E-state index contributed by atoms with van der Waals surface area (Å²) in [5.74, 6) is -0.874. The fourth-order valence-electron chi connectivity index (χ4n) is 2.40. The Labute approximate surface area is 143 Å². The largest absolute Gasteiger partial charge is 0.344 e. The summed E-state index contributed by atoms with van der Waals surface area (Å²) in [4.78, 5) is 37.3. The van der Waals surface area contributed by atoms with Crippen molar-refractivity contribution in [2.24, 2.45) is 5.92 Å². The minimum Gasteiger partial charge on any atom is -0.344 e. The molecule has 0 aliphatic heterocycles. The lowest BCUT2D eigenvalue weighted by atomic mass is 10.0. The summed E-state index contributed by atoms with van der Waals surface area (Å²) in [5.41, 5.74) is 1.80. The average Bonchev–Trinajstić information content (AvgIpc) is 2.51. The molecule has 3 amide bonds. The van der Waals surface area contributed by atoms with Crippen LogP contribution in [0.5, 0.6) is 0 Å². The number of carbonyl (C=O) groups is 3. The molecule has 0 unspecified atom stereocenters. The predicted octanol–water partition coefficient (Wildman–Crippen LogP) is 1.81. The van der Waals surface area contributed by atoms with Crippen LogP contribution in [0.25, 0.3) is 0 Å². The van der Waals surface area contributed by atoms with Gasteiger partial charge in [-0.3, -0.25) is 14.4 Å². The second kappa shape index (κ2) is 9.05. The highest BCUT2D eigenvalue weighted by Gasteiger charge is 2.27. The number of hydrogen-bond donors (Lipinski definition) is 2. The zero-order chi connectivity index (χ0) is 18.3. The Morgan fingerprint density at radius 1 is 1.17 bits per heavy atom. The maximum atomic E-state index is 12.5. The molecule has 0 aromatic heterocycles. The quantitative estimate of drug-likeness (QED) is 0.799. The third-order valence-electron chi connectivity index (χ3n) is 3.72. The minimum atomic E-state index is -0.636. The molecule has 1 atom stereocenters. The molecule has 132 valence electrons. The van der Waals surface area contributed by atoms with Crippen LogP contribution in [0.2, 0.25) is 0 Å². The summed E-state index contributed by atoms with van der Waals surface area (Å²) in [6.07, 6.45) is 0.809. The van der Waals surface area contributed by atoms with E-state index in [4.69, 9.17) is 0 Å². The molecule has 1 aromatic rings. The van der Waals surface area contributed by atoms with Crippen molar-refractivity contribution < 1.29 is 14.4 Å². The van der Waals surface area contributed by atoms with Crippen LogP contribution in [0.1, 0.15) is 33.3 Å². The Bertz CT molecular complexity index is 599. The number of nitrogens with one attached hydrogen (secondary N) is 2. The lowest BCUT2D eigenvalue weighted by Gasteiger charge is -2.26. The SMILES string of the molecule is CCc1ccccc1NC(=O)CN(C)C(=O)[C@@H](NC(C)=O)C(C)C. The fourth-order valence-corrected chi connectivity index (χ4v) is 2.40. The Morgan fingerprint density at radius 3 is 2.33 bits per heavy atom. The van der Waals surface area contributed by atoms with E-state index in [-0.39, 0.29) is 30.2 Å². The van der Waals surface area contributed by atoms with Gasteiger partial charge >= 0.3 is 0 Å². The van der Waals surface area contributed by atoms with Crippen molar-refractivity contribution in [3.05, 3.63) is 29.8 Å². The van der Waals surface area contributed by atoms with E-state index in [1.807, 2.05) is 45.0 Å². The maximum Gasteiger partial charge on any atom is 0.245 e. The normalized spacial score (nSPS) is 11.8. The van der Waals surface area contributed by atoms with E-state index >= 15 is 0 Å². The molecule has 0 saturated heterocycles. The second-order valence-electron chi connectivity index (χ2n) is 6.18. The van der Waals surface area contributed by atoms with Crippen LogP contribution < -0.4 is 10.6 Å². The molecule has 6 nitrogen and oxygen atoms in total. The summed E-state index contributed by atoms with van der Waals surface area (Å²) in [6, 6.07) is 6.94. The summed E-state index contributed by atoms with van der Waals surface area (Å²) in [5, 5.41) is 5.48. The molecule has 1 rings (SSSR count). The third-order valence-corrected chi connectivity index (χ3v) is 3.72. The lowest BCUT2D eigenvalue weighted by Crippen LogP contribution is -2.51. The van der Waals surface area contributed by atoms with E-state index in [2.05, 4.69) is 10.6 Å². The highest BCUT2D eigenvalue weighted by atomic mass is 16.2. The summed E-state index contributed by atoms with van der Waals surface area (Å²) < 4.78 is 0. The van der Waals surface area contributed by atoms with Gasteiger partial charge in [0.25, 0.3) is 0 Å². The molecule has 0 radical (unpaired) electrons. The standard InChI is InChI=1S/C18H27N3O3/c1-6-14-9-7-8-10-15(14)20-16(23)11-21(5)18(24)17(12(2)3)19-13(4)22/h7-10,12,17H,6,11H2,1-5H3,(H,19,22)(H,20,23)/t17-/m0/s1. The van der Waals surface area contributed by atoms with Gasteiger partial charge in [0.2, 0.25) is 17.7 Å². The molecule has 0 saturated carbocycles. The number of benzene rings is 1. The van der Waals surface area contributed by atoms with E-state index in [1.165, 1.54) is 11.8 Å². The monoisotopic (exact) mass is 333 g/mol. The van der Waals surface area contributed by atoms with Crippen LogP contribution in [-0.4, -0.2) is 42.3 Å². The Hall–Kier alpha value is -2.37. The van der Waals surface area contributed by atoms with E-state index in [9.17, 15) is 14.4 Å². The first-order valence-corrected chi connectivity index (χ1v) is 8.16. The number of anilines is 1. The molecule has 0 heterocycles. The number of likely N-dealkylation sites (N-methyl/N-ethyl adjacent to an activating group) is 1. The van der Waals surface area contributed by atoms with Crippen molar-refractivity contribution in [3.63, 3.8) is 0 Å². The number of aryl methyl sites for hydroxylation is 1. The van der Waals surface area contributed by atoms with E-state index in [0.29, 0.717) is 0 Å². The van der Waals surface area contributed by atoms with E-state index in [0.717, 1.165) is 17.7 Å². The van der Waals surface area contributed by atoms with Gasteiger partial charge in [0.1, 0.15) is 6.04 Å². The van der Waals surface area contributed by atoms with Gasteiger partial charge in [-0.05, 0) is 24.0 Å². The number of amides is 3. The van der Waals surface area contributed by atoms with Crippen LogP contribution >= 0.6 is 0 Å². The second-order valence-corrected chi connectivity index (χ2v) is 6.18. The smallest absolute Gasteiger partial charge is 0.245 e. The van der Waals surface area contributed by atoms with Crippen molar-refractivity contribution in [1.29, 1.82) is 0 Å². The van der Waals surface area contributed by atoms with Crippen molar-refractivity contribution in [2.45, 2.75) is 40.2 Å². The molecule has 0 aliphatic rings. The van der Waals surface area contributed by atoms with E-state index in [1.54, 1.807) is 7.05 Å². The summed E-state index contributed by atoms with van der Waals surface area (Å²) in [7, 11) is 1.56. The first-order valence-electron chi connectivity index (χ1n) is 8.16. The molecule has 1 aromatic carbocycles. The van der Waals surface area contributed by atoms with Gasteiger partial charge in [0, 0.05) is 19.7 Å².